The van der Waals surface area contributed by atoms with Crippen LogP contribution in [0.3, 0.4) is 0 Å². The summed E-state index contributed by atoms with van der Waals surface area (Å²) in [5, 5.41) is 0. The summed E-state index contributed by atoms with van der Waals surface area (Å²) in [6.45, 7) is 0. The van der Waals surface area contributed by atoms with E-state index in [9.17, 15) is 0 Å². The van der Waals surface area contributed by atoms with Gasteiger partial charge in [-0.3, -0.25) is 0 Å². The largest absolute Gasteiger partial charge is 0 e. The molecular formula is O2RuZr. The third kappa shape index (κ3) is 11.3. The first-order chi connectivity index (χ1) is 1.41. The van der Waals surface area contributed by atoms with E-state index < -0.39 is 23.2 Å². The van der Waals surface area contributed by atoms with E-state index in [0.717, 1.165) is 0 Å². The van der Waals surface area contributed by atoms with Crippen molar-refractivity contribution in [3.05, 3.63) is 0 Å². The normalized spacial score (nSPS) is 2.00. The van der Waals surface area contributed by atoms with Crippen molar-refractivity contribution in [2.24, 2.45) is 0 Å². The summed E-state index contributed by atoms with van der Waals surface area (Å²) in [5.74, 6) is 0. The maximum atomic E-state index is 8.54. The van der Waals surface area contributed by atoms with Gasteiger partial charge in [0, 0.05) is 19.5 Å². The zero-order chi connectivity index (χ0) is 2.71. The summed E-state index contributed by atoms with van der Waals surface area (Å²) in [4.78, 5) is 0. The van der Waals surface area contributed by atoms with Crippen molar-refractivity contribution in [3.8, 4) is 0 Å². The molecule has 0 saturated carbocycles. The second-order valence-electron chi connectivity index (χ2n) is 0.0833. The van der Waals surface area contributed by atoms with Crippen LogP contribution in [0, 0.1) is 0 Å². The second-order valence-corrected chi connectivity index (χ2v) is 0.493. The predicted molar refractivity (Wildman–Crippen MR) is 1.37 cm³/mol. The summed E-state index contributed by atoms with van der Waals surface area (Å²) in [7, 11) is 0. The molecule has 0 spiro atoms. The van der Waals surface area contributed by atoms with E-state index in [4.69, 9.17) is 5.63 Å². The van der Waals surface area contributed by atoms with Crippen LogP contribution in [0.25, 0.3) is 0 Å². The molecule has 0 aliphatic rings. The number of rotatable bonds is 0. The second kappa shape index (κ2) is 8.93. The van der Waals surface area contributed by atoms with Crippen LogP contribution in [-0.2, 0) is 48.3 Å². The third-order valence-electron chi connectivity index (χ3n) is 0. The van der Waals surface area contributed by atoms with Crippen molar-refractivity contribution in [1.29, 1.82) is 0 Å². The van der Waals surface area contributed by atoms with E-state index in [2.05, 4.69) is 0 Å². The topological polar surface area (TPSA) is 34.1 Å². The van der Waals surface area contributed by atoms with Gasteiger partial charge in [0.15, 0.2) is 0 Å². The fourth-order valence-corrected chi connectivity index (χ4v) is 0. The Bertz CT molecular complexity index is 27.0. The first-order valence-electron chi connectivity index (χ1n) is 0.408. The molecule has 0 fully saturated rings. The molecule has 0 aliphatic heterocycles. The van der Waals surface area contributed by atoms with Crippen molar-refractivity contribution < 1.29 is 48.3 Å². The van der Waals surface area contributed by atoms with Gasteiger partial charge in [-0.1, -0.05) is 0 Å². The summed E-state index contributed by atoms with van der Waals surface area (Å²) in [6.07, 6.45) is 0. The van der Waals surface area contributed by atoms with Gasteiger partial charge in [0.25, 0.3) is 0 Å². The summed E-state index contributed by atoms with van der Waals surface area (Å²) >= 11 is -2.27. The molecule has 0 heterocycles. The molecule has 2 nitrogen and oxygen atoms in total. The Morgan fingerprint density at radius 2 is 1.25 bits per heavy atom. The molecule has 0 amide bonds. The van der Waals surface area contributed by atoms with Crippen LogP contribution < -0.4 is 0 Å². The van der Waals surface area contributed by atoms with E-state index in [0.29, 0.717) is 0 Å². The Balaban J connectivity index is 0. The van der Waals surface area contributed by atoms with Gasteiger partial charge in [0.2, 0.25) is 0 Å². The van der Waals surface area contributed by atoms with Gasteiger partial charge in [-0.15, -0.1) is 0 Å². The molecule has 24 valence electrons. The standard InChI is InChI=1S/2O.Ru.Zr. The molecule has 0 bridgehead atoms. The molecule has 4 heavy (non-hydrogen) atoms. The van der Waals surface area contributed by atoms with Gasteiger partial charge in [-0.25, -0.2) is 0 Å². The van der Waals surface area contributed by atoms with E-state index in [1.54, 1.807) is 0 Å². The van der Waals surface area contributed by atoms with Crippen molar-refractivity contribution in [1.82, 2.24) is 0 Å². The summed E-state index contributed by atoms with van der Waals surface area (Å²) < 4.78 is 17.1. The Morgan fingerprint density at radius 1 is 1.25 bits per heavy atom. The Hall–Kier alpha value is 1.11. The molecule has 0 atom stereocenters. The van der Waals surface area contributed by atoms with Gasteiger partial charge in [0.1, 0.15) is 0 Å². The van der Waals surface area contributed by atoms with Gasteiger partial charge < -0.3 is 0 Å². The van der Waals surface area contributed by atoms with Gasteiger partial charge in [-0.05, 0) is 0 Å². The molecular weight excluding hydrogens is 224 g/mol. The van der Waals surface area contributed by atoms with E-state index in [1.807, 2.05) is 0 Å². The van der Waals surface area contributed by atoms with Crippen LogP contribution in [0.4, 0.5) is 0 Å². The van der Waals surface area contributed by atoms with Crippen LogP contribution in [0.2, 0.25) is 0 Å². The SMILES string of the molecule is [O]=[Zr]=[O].[Ru]. The van der Waals surface area contributed by atoms with Crippen LogP contribution in [0.5, 0.6) is 0 Å². The quantitative estimate of drug-likeness (QED) is 0.532. The molecule has 0 saturated heterocycles. The van der Waals surface area contributed by atoms with E-state index in [1.165, 1.54) is 0 Å². The summed E-state index contributed by atoms with van der Waals surface area (Å²) in [6, 6.07) is 0. The van der Waals surface area contributed by atoms with Crippen molar-refractivity contribution in [2.45, 2.75) is 0 Å². The molecule has 0 radical (unpaired) electrons. The first-order valence-corrected chi connectivity index (χ1v) is 2.42. The first kappa shape index (κ1) is 8.92. The fourth-order valence-electron chi connectivity index (χ4n) is 0. The predicted octanol–water partition coefficient (Wildman–Crippen LogP) is -0.243. The minimum absolute atomic E-state index is 0. The monoisotopic (exact) mass is 224 g/mol. The van der Waals surface area contributed by atoms with Crippen molar-refractivity contribution in [2.75, 3.05) is 0 Å². The van der Waals surface area contributed by atoms with E-state index >= 15 is 0 Å². The van der Waals surface area contributed by atoms with Crippen molar-refractivity contribution >= 4 is 0 Å². The number of hydrogen-bond acceptors (Lipinski definition) is 2. The molecule has 0 rings (SSSR count). The minimum Gasteiger partial charge on any atom is 0 e. The third-order valence-corrected chi connectivity index (χ3v) is 0. The Labute approximate surface area is 48.2 Å². The van der Waals surface area contributed by atoms with Gasteiger partial charge in [0.05, 0.1) is 0 Å². The van der Waals surface area contributed by atoms with Gasteiger partial charge in [-0.2, -0.15) is 0 Å². The van der Waals surface area contributed by atoms with E-state index in [-0.39, 0.29) is 19.5 Å². The molecule has 0 aliphatic carbocycles. The zero-order valence-electron chi connectivity index (χ0n) is 1.67. The molecule has 0 aromatic heterocycles. The zero-order valence-corrected chi connectivity index (χ0v) is 5.87. The molecule has 0 N–H and O–H groups in total. The average molecular weight is 224 g/mol. The maximum absolute atomic E-state index is 8.54. The van der Waals surface area contributed by atoms with Gasteiger partial charge >= 0.3 is 28.9 Å². The molecule has 0 aromatic carbocycles. The number of hydrogen-bond donors (Lipinski definition) is 0. The maximum Gasteiger partial charge on any atom is 0 e. The van der Waals surface area contributed by atoms with Crippen LogP contribution >= 0.6 is 0 Å². The van der Waals surface area contributed by atoms with Crippen LogP contribution in [-0.4, -0.2) is 0 Å². The van der Waals surface area contributed by atoms with Crippen LogP contribution in [0.1, 0.15) is 0 Å². The van der Waals surface area contributed by atoms with Crippen molar-refractivity contribution in [3.63, 3.8) is 0 Å². The summed E-state index contributed by atoms with van der Waals surface area (Å²) in [5.41, 5.74) is 0. The minimum atomic E-state index is -2.27. The fraction of sp³-hybridized carbons (Fsp3) is 0. The Morgan fingerprint density at radius 3 is 1.25 bits per heavy atom. The smallest absolute Gasteiger partial charge is 0 e. The molecule has 4 heteroatoms. The Kier molecular flexibility index (Phi) is 19.9. The average Bonchev–Trinajstić information content (AvgIpc) is 0.918. The molecule has 0 unspecified atom stereocenters. The van der Waals surface area contributed by atoms with Crippen LogP contribution in [0.15, 0.2) is 0 Å². The molecule has 0 aromatic rings.